The van der Waals surface area contributed by atoms with Crippen LogP contribution >= 0.6 is 23.2 Å². The van der Waals surface area contributed by atoms with E-state index in [1.54, 1.807) is 0 Å². The highest BCUT2D eigenvalue weighted by atomic mass is 35.5. The van der Waals surface area contributed by atoms with E-state index in [1.807, 2.05) is 0 Å². The average molecular weight is 371 g/mol. The first kappa shape index (κ1) is 17.7. The fraction of sp³-hybridized carbons (Fsp3) is 0.385. The van der Waals surface area contributed by atoms with Crippen molar-refractivity contribution in [2.24, 2.45) is 11.8 Å². The van der Waals surface area contributed by atoms with Gasteiger partial charge in [0.25, 0.3) is 0 Å². The number of nitrogens with zero attached hydrogens (tertiary/aromatic N) is 1. The highest BCUT2D eigenvalue weighted by Crippen LogP contribution is 2.38. The topological polar surface area (TPSA) is 69.6 Å². The number of carboxylic acids is 1. The van der Waals surface area contributed by atoms with Gasteiger partial charge in [-0.15, -0.1) is 0 Å². The maximum absolute atomic E-state index is 12.9. The van der Waals surface area contributed by atoms with Crippen LogP contribution in [0.1, 0.15) is 0 Å². The molecular weight excluding hydrogens is 360 g/mol. The molecule has 0 spiro atoms. The van der Waals surface area contributed by atoms with Gasteiger partial charge in [-0.3, -0.25) is 4.79 Å². The quantitative estimate of drug-likeness (QED) is 0.833. The van der Waals surface area contributed by atoms with Gasteiger partial charge in [0, 0.05) is 18.1 Å². The first-order chi connectivity index (χ1) is 10.6. The number of hydrogen-bond donors (Lipinski definition) is 2. The van der Waals surface area contributed by atoms with Crippen LogP contribution in [-0.2, 0) is 4.79 Å². The zero-order valence-corrected chi connectivity index (χ0v) is 12.9. The normalized spacial score (nSPS) is 21.3. The number of nitrogens with one attached hydrogen (secondary N) is 1. The molecule has 2 rings (SSSR count). The smallest absolute Gasteiger partial charge is 0.394 e. The van der Waals surface area contributed by atoms with E-state index < -0.39 is 43.1 Å². The third kappa shape index (κ3) is 4.00. The number of anilines is 1. The first-order valence-corrected chi connectivity index (χ1v) is 7.15. The van der Waals surface area contributed by atoms with Crippen molar-refractivity contribution in [2.45, 2.75) is 6.18 Å². The lowest BCUT2D eigenvalue weighted by Crippen LogP contribution is -2.35. The third-order valence-electron chi connectivity index (χ3n) is 3.52. The summed E-state index contributed by atoms with van der Waals surface area (Å²) in [6.45, 7) is -1.26. The maximum atomic E-state index is 12.9. The molecule has 126 valence electrons. The minimum Gasteiger partial charge on any atom is -0.481 e. The molecule has 10 heteroatoms. The van der Waals surface area contributed by atoms with Crippen molar-refractivity contribution in [3.63, 3.8) is 0 Å². The van der Waals surface area contributed by atoms with Gasteiger partial charge < -0.3 is 15.3 Å². The van der Waals surface area contributed by atoms with Gasteiger partial charge in [-0.25, -0.2) is 4.79 Å². The number of amides is 2. The molecule has 0 unspecified atom stereocenters. The van der Waals surface area contributed by atoms with Crippen molar-refractivity contribution in [3.8, 4) is 0 Å². The number of carbonyl (C=O) groups excluding carboxylic acids is 1. The summed E-state index contributed by atoms with van der Waals surface area (Å²) in [6, 6.07) is 3.36. The molecule has 0 aliphatic carbocycles. The van der Waals surface area contributed by atoms with Crippen LogP contribution in [0.5, 0.6) is 0 Å². The molecule has 1 saturated heterocycles. The van der Waals surface area contributed by atoms with E-state index in [2.05, 4.69) is 5.32 Å². The second-order valence-electron chi connectivity index (χ2n) is 5.05. The van der Waals surface area contributed by atoms with Crippen molar-refractivity contribution in [1.29, 1.82) is 0 Å². The number of likely N-dealkylation sites (tertiary alicyclic amines) is 1. The Kier molecular flexibility index (Phi) is 4.95. The van der Waals surface area contributed by atoms with Gasteiger partial charge in [-0.2, -0.15) is 13.2 Å². The van der Waals surface area contributed by atoms with Crippen LogP contribution in [0.25, 0.3) is 0 Å². The predicted molar refractivity (Wildman–Crippen MR) is 77.7 cm³/mol. The second kappa shape index (κ2) is 6.45. The van der Waals surface area contributed by atoms with E-state index in [9.17, 15) is 22.8 Å². The Morgan fingerprint density at radius 2 is 1.91 bits per heavy atom. The van der Waals surface area contributed by atoms with Crippen LogP contribution in [0.15, 0.2) is 18.2 Å². The van der Waals surface area contributed by atoms with Crippen molar-refractivity contribution < 1.29 is 27.9 Å². The molecule has 0 radical (unpaired) electrons. The van der Waals surface area contributed by atoms with Crippen LogP contribution < -0.4 is 5.32 Å². The van der Waals surface area contributed by atoms with Gasteiger partial charge in [-0.05, 0) is 18.2 Å². The summed E-state index contributed by atoms with van der Waals surface area (Å²) in [5, 5.41) is 11.7. The fourth-order valence-corrected chi connectivity index (χ4v) is 2.79. The maximum Gasteiger partial charge on any atom is 0.394 e. The Morgan fingerprint density at radius 3 is 2.39 bits per heavy atom. The zero-order valence-electron chi connectivity index (χ0n) is 11.4. The lowest BCUT2D eigenvalue weighted by Gasteiger charge is -2.19. The minimum atomic E-state index is -4.70. The molecule has 5 nitrogen and oxygen atoms in total. The van der Waals surface area contributed by atoms with Crippen molar-refractivity contribution in [2.75, 3.05) is 18.4 Å². The Labute approximate surface area is 139 Å². The van der Waals surface area contributed by atoms with E-state index in [1.165, 1.54) is 18.2 Å². The molecule has 23 heavy (non-hydrogen) atoms. The summed E-state index contributed by atoms with van der Waals surface area (Å²) >= 11 is 11.6. The summed E-state index contributed by atoms with van der Waals surface area (Å²) in [5.41, 5.74) is 0.170. The number of carboxylic acid groups (broad SMARTS) is 1. The highest BCUT2D eigenvalue weighted by molar-refractivity contribution is 6.36. The number of halogens is 5. The Balaban J connectivity index is 2.13. The largest absolute Gasteiger partial charge is 0.481 e. The summed E-state index contributed by atoms with van der Waals surface area (Å²) < 4.78 is 38.7. The number of urea groups is 1. The number of benzene rings is 1. The standard InChI is InChI=1S/C13H11Cl2F3N2O3/c14-6-1-2-10(9(15)3-6)19-12(23)20-4-7(11(21)22)8(5-20)13(16,17)18/h1-3,7-8H,4-5H2,(H,19,23)(H,21,22)/t7-,8-/m1/s1. The monoisotopic (exact) mass is 370 g/mol. The molecule has 2 atom stereocenters. The zero-order chi connectivity index (χ0) is 17.4. The lowest BCUT2D eigenvalue weighted by atomic mass is 9.96. The predicted octanol–water partition coefficient (Wildman–Crippen LogP) is 3.72. The molecule has 1 heterocycles. The van der Waals surface area contributed by atoms with Gasteiger partial charge >= 0.3 is 18.2 Å². The lowest BCUT2D eigenvalue weighted by molar-refractivity contribution is -0.187. The molecule has 1 fully saturated rings. The van der Waals surface area contributed by atoms with Crippen molar-refractivity contribution >= 4 is 40.9 Å². The Hall–Kier alpha value is -1.67. The third-order valence-corrected chi connectivity index (χ3v) is 4.07. The van der Waals surface area contributed by atoms with Gasteiger partial charge in [-0.1, -0.05) is 23.2 Å². The van der Waals surface area contributed by atoms with Crippen LogP contribution in [0, 0.1) is 11.8 Å². The molecular formula is C13H11Cl2F3N2O3. The van der Waals surface area contributed by atoms with Crippen LogP contribution in [0.4, 0.5) is 23.7 Å². The van der Waals surface area contributed by atoms with Gasteiger partial charge in [0.1, 0.15) is 0 Å². The van der Waals surface area contributed by atoms with Crippen molar-refractivity contribution in [1.82, 2.24) is 4.90 Å². The first-order valence-electron chi connectivity index (χ1n) is 6.40. The van der Waals surface area contributed by atoms with Crippen molar-refractivity contribution in [3.05, 3.63) is 28.2 Å². The van der Waals surface area contributed by atoms with Crippen LogP contribution in [-0.4, -0.2) is 41.3 Å². The molecule has 1 aromatic rings. The molecule has 0 aromatic heterocycles. The van der Waals surface area contributed by atoms with Crippen LogP contribution in [0.3, 0.4) is 0 Å². The van der Waals surface area contributed by atoms with Crippen LogP contribution in [0.2, 0.25) is 10.0 Å². The van der Waals surface area contributed by atoms with E-state index in [0.717, 1.165) is 4.90 Å². The average Bonchev–Trinajstić information content (AvgIpc) is 2.87. The minimum absolute atomic E-state index is 0.118. The summed E-state index contributed by atoms with van der Waals surface area (Å²) in [6.07, 6.45) is -4.70. The molecule has 1 aliphatic rings. The number of alkyl halides is 3. The summed E-state index contributed by atoms with van der Waals surface area (Å²) in [4.78, 5) is 23.8. The Morgan fingerprint density at radius 1 is 1.26 bits per heavy atom. The van der Waals surface area contributed by atoms with E-state index in [-0.39, 0.29) is 10.7 Å². The molecule has 0 bridgehead atoms. The number of aliphatic carboxylic acids is 1. The molecule has 2 N–H and O–H groups in total. The molecule has 2 amide bonds. The van der Waals surface area contributed by atoms with Gasteiger partial charge in [0.05, 0.1) is 22.5 Å². The molecule has 1 aliphatic heterocycles. The van der Waals surface area contributed by atoms with E-state index in [0.29, 0.717) is 5.02 Å². The Bertz CT molecular complexity index is 639. The number of carbonyl (C=O) groups is 2. The van der Waals surface area contributed by atoms with E-state index in [4.69, 9.17) is 28.3 Å². The molecule has 1 aromatic carbocycles. The number of rotatable bonds is 2. The van der Waals surface area contributed by atoms with Gasteiger partial charge in [0.2, 0.25) is 0 Å². The van der Waals surface area contributed by atoms with Gasteiger partial charge in [0.15, 0.2) is 0 Å². The number of hydrogen-bond acceptors (Lipinski definition) is 2. The summed E-state index contributed by atoms with van der Waals surface area (Å²) in [5.74, 6) is -5.39. The SMILES string of the molecule is O=C(O)[C@@H]1CN(C(=O)Nc2ccc(Cl)cc2Cl)C[C@H]1C(F)(F)F. The van der Waals surface area contributed by atoms with E-state index >= 15 is 0 Å². The summed E-state index contributed by atoms with van der Waals surface area (Å²) in [7, 11) is 0. The highest BCUT2D eigenvalue weighted by Gasteiger charge is 2.53. The second-order valence-corrected chi connectivity index (χ2v) is 5.90. The molecule has 0 saturated carbocycles. The fourth-order valence-electron chi connectivity index (χ4n) is 2.34.